The lowest BCUT2D eigenvalue weighted by Gasteiger charge is -2.22. The van der Waals surface area contributed by atoms with Crippen LogP contribution in [0.5, 0.6) is 0 Å². The zero-order valence-electron chi connectivity index (χ0n) is 14.0. The second-order valence-corrected chi connectivity index (χ2v) is 7.24. The van der Waals surface area contributed by atoms with Crippen molar-refractivity contribution in [2.45, 2.75) is 43.0 Å². The summed E-state index contributed by atoms with van der Waals surface area (Å²) in [5.41, 5.74) is 3.46. The highest BCUT2D eigenvalue weighted by atomic mass is 32.2. The largest absolute Gasteiger partial charge is 0.467 e. The molecule has 4 rings (SSSR count). The van der Waals surface area contributed by atoms with Crippen LogP contribution in [0.3, 0.4) is 0 Å². The zero-order chi connectivity index (χ0) is 17.1. The first kappa shape index (κ1) is 16.2. The van der Waals surface area contributed by atoms with E-state index in [1.54, 1.807) is 22.6 Å². The highest BCUT2D eigenvalue weighted by Crippen LogP contribution is 2.30. The molecule has 4 nitrogen and oxygen atoms in total. The predicted molar refractivity (Wildman–Crippen MR) is 99.0 cm³/mol. The molecule has 3 aromatic rings. The summed E-state index contributed by atoms with van der Waals surface area (Å²) in [6, 6.07) is 14.1. The van der Waals surface area contributed by atoms with Gasteiger partial charge in [-0.3, -0.25) is 4.57 Å². The standard InChI is InChI=1S/C20H20N2O2S/c23-20-21-19(25-14-15-7-2-1-3-8-15)17-10-4-5-11-18(17)22(20)13-16-9-6-12-24-16/h1-3,6-9,12H,4-5,10-11,13-14H2. The van der Waals surface area contributed by atoms with Gasteiger partial charge in [-0.05, 0) is 43.4 Å². The minimum absolute atomic E-state index is 0.174. The molecule has 0 spiro atoms. The van der Waals surface area contributed by atoms with E-state index >= 15 is 0 Å². The van der Waals surface area contributed by atoms with Crippen LogP contribution in [0.2, 0.25) is 0 Å². The molecule has 1 aliphatic rings. The summed E-state index contributed by atoms with van der Waals surface area (Å²) in [4.78, 5) is 17.1. The molecule has 0 aliphatic heterocycles. The number of fused-ring (bicyclic) bond motifs is 1. The molecule has 1 aliphatic carbocycles. The first-order valence-corrected chi connectivity index (χ1v) is 9.61. The summed E-state index contributed by atoms with van der Waals surface area (Å²) < 4.78 is 7.22. The molecule has 2 aromatic heterocycles. The normalized spacial score (nSPS) is 13.6. The van der Waals surface area contributed by atoms with Crippen LogP contribution in [-0.2, 0) is 25.1 Å². The first-order chi connectivity index (χ1) is 12.3. The number of aromatic nitrogens is 2. The van der Waals surface area contributed by atoms with Gasteiger partial charge in [0.1, 0.15) is 10.8 Å². The molecule has 0 radical (unpaired) electrons. The van der Waals surface area contributed by atoms with Gasteiger partial charge >= 0.3 is 5.69 Å². The van der Waals surface area contributed by atoms with E-state index in [0.717, 1.165) is 47.9 Å². The molecule has 0 saturated heterocycles. The van der Waals surface area contributed by atoms with E-state index in [9.17, 15) is 4.79 Å². The van der Waals surface area contributed by atoms with Crippen LogP contribution >= 0.6 is 11.8 Å². The molecule has 2 heterocycles. The topological polar surface area (TPSA) is 48.0 Å². The molecule has 5 heteroatoms. The maximum Gasteiger partial charge on any atom is 0.349 e. The van der Waals surface area contributed by atoms with Crippen LogP contribution in [0.4, 0.5) is 0 Å². The molecule has 0 N–H and O–H groups in total. The van der Waals surface area contributed by atoms with Crippen molar-refractivity contribution in [2.24, 2.45) is 0 Å². The molecular weight excluding hydrogens is 332 g/mol. The van der Waals surface area contributed by atoms with E-state index in [0.29, 0.717) is 6.54 Å². The van der Waals surface area contributed by atoms with E-state index in [1.807, 2.05) is 30.3 Å². The highest BCUT2D eigenvalue weighted by Gasteiger charge is 2.21. The summed E-state index contributed by atoms with van der Waals surface area (Å²) in [5.74, 6) is 1.63. The Bertz CT molecular complexity index is 901. The van der Waals surface area contributed by atoms with Gasteiger partial charge in [0.05, 0.1) is 12.8 Å². The van der Waals surface area contributed by atoms with Gasteiger partial charge in [-0.15, -0.1) is 11.8 Å². The van der Waals surface area contributed by atoms with Gasteiger partial charge in [-0.2, -0.15) is 4.98 Å². The molecule has 1 aromatic carbocycles. The fourth-order valence-corrected chi connectivity index (χ4v) is 4.35. The minimum Gasteiger partial charge on any atom is -0.467 e. The van der Waals surface area contributed by atoms with Crippen LogP contribution in [0.1, 0.15) is 35.4 Å². The van der Waals surface area contributed by atoms with Crippen molar-refractivity contribution in [1.82, 2.24) is 9.55 Å². The van der Waals surface area contributed by atoms with Crippen molar-refractivity contribution in [3.63, 3.8) is 0 Å². The molecule has 25 heavy (non-hydrogen) atoms. The fraction of sp³-hybridized carbons (Fsp3) is 0.300. The molecule has 0 bridgehead atoms. The Kier molecular flexibility index (Phi) is 4.74. The highest BCUT2D eigenvalue weighted by molar-refractivity contribution is 7.98. The minimum atomic E-state index is -0.174. The molecule has 0 atom stereocenters. The van der Waals surface area contributed by atoms with E-state index in [-0.39, 0.29) is 5.69 Å². The Labute approximate surface area is 150 Å². The van der Waals surface area contributed by atoms with E-state index in [1.165, 1.54) is 11.1 Å². The maximum atomic E-state index is 12.6. The number of hydrogen-bond acceptors (Lipinski definition) is 4. The van der Waals surface area contributed by atoms with E-state index in [2.05, 4.69) is 17.1 Å². The number of benzene rings is 1. The SMILES string of the molecule is O=c1nc(SCc2ccccc2)c2c(n1Cc1ccco1)CCCC2. The number of nitrogens with zero attached hydrogens (tertiary/aromatic N) is 2. The average molecular weight is 352 g/mol. The molecule has 0 amide bonds. The van der Waals surface area contributed by atoms with Gasteiger partial charge in [-0.1, -0.05) is 30.3 Å². The molecule has 0 unspecified atom stereocenters. The summed E-state index contributed by atoms with van der Waals surface area (Å²) in [6.45, 7) is 0.463. The third-order valence-corrected chi connectivity index (χ3v) is 5.65. The quantitative estimate of drug-likeness (QED) is 0.513. The first-order valence-electron chi connectivity index (χ1n) is 8.63. The predicted octanol–water partition coefficient (Wildman–Crippen LogP) is 4.06. The number of furan rings is 1. The van der Waals surface area contributed by atoms with Gasteiger partial charge < -0.3 is 4.42 Å². The van der Waals surface area contributed by atoms with Crippen molar-refractivity contribution in [3.05, 3.63) is 81.8 Å². The molecule has 0 saturated carbocycles. The second-order valence-electron chi connectivity index (χ2n) is 6.27. The lowest BCUT2D eigenvalue weighted by Crippen LogP contribution is -2.30. The van der Waals surface area contributed by atoms with Crippen molar-refractivity contribution >= 4 is 11.8 Å². The van der Waals surface area contributed by atoms with Gasteiger partial charge in [-0.25, -0.2) is 4.79 Å². The summed E-state index contributed by atoms with van der Waals surface area (Å²) in [7, 11) is 0. The van der Waals surface area contributed by atoms with Crippen LogP contribution in [0, 0.1) is 0 Å². The Hall–Kier alpha value is -2.27. The Morgan fingerprint density at radius 3 is 2.72 bits per heavy atom. The van der Waals surface area contributed by atoms with Crippen molar-refractivity contribution in [1.29, 1.82) is 0 Å². The number of thioether (sulfide) groups is 1. The van der Waals surface area contributed by atoms with Gasteiger partial charge in [0.15, 0.2) is 0 Å². The van der Waals surface area contributed by atoms with Crippen LogP contribution in [-0.4, -0.2) is 9.55 Å². The Morgan fingerprint density at radius 1 is 1.08 bits per heavy atom. The molecule has 0 fully saturated rings. The van der Waals surface area contributed by atoms with E-state index < -0.39 is 0 Å². The van der Waals surface area contributed by atoms with Crippen molar-refractivity contribution in [2.75, 3.05) is 0 Å². The third-order valence-electron chi connectivity index (χ3n) is 4.56. The monoisotopic (exact) mass is 352 g/mol. The lowest BCUT2D eigenvalue weighted by molar-refractivity contribution is 0.471. The second kappa shape index (κ2) is 7.31. The Balaban J connectivity index is 1.66. The number of rotatable bonds is 5. The fourth-order valence-electron chi connectivity index (χ4n) is 3.31. The average Bonchev–Trinajstić information content (AvgIpc) is 3.17. The summed E-state index contributed by atoms with van der Waals surface area (Å²) in [6.07, 6.45) is 5.86. The zero-order valence-corrected chi connectivity index (χ0v) is 14.8. The van der Waals surface area contributed by atoms with Crippen LogP contribution in [0.15, 0.2) is 63.0 Å². The number of hydrogen-bond donors (Lipinski definition) is 0. The van der Waals surface area contributed by atoms with Gasteiger partial charge in [0.2, 0.25) is 0 Å². The van der Waals surface area contributed by atoms with Crippen LogP contribution < -0.4 is 5.69 Å². The summed E-state index contributed by atoms with van der Waals surface area (Å²) in [5, 5.41) is 0.902. The van der Waals surface area contributed by atoms with Crippen LogP contribution in [0.25, 0.3) is 0 Å². The van der Waals surface area contributed by atoms with Crippen molar-refractivity contribution in [3.8, 4) is 0 Å². The summed E-state index contributed by atoms with van der Waals surface area (Å²) >= 11 is 1.67. The maximum absolute atomic E-state index is 12.6. The third kappa shape index (κ3) is 3.56. The smallest absolute Gasteiger partial charge is 0.349 e. The molecular formula is C20H20N2O2S. The van der Waals surface area contributed by atoms with Gasteiger partial charge in [0, 0.05) is 17.0 Å². The van der Waals surface area contributed by atoms with Crippen molar-refractivity contribution < 1.29 is 4.42 Å². The van der Waals surface area contributed by atoms with Gasteiger partial charge in [0.25, 0.3) is 0 Å². The molecule has 128 valence electrons. The van der Waals surface area contributed by atoms with E-state index in [4.69, 9.17) is 4.42 Å². The lowest BCUT2D eigenvalue weighted by atomic mass is 9.97. The Morgan fingerprint density at radius 2 is 1.92 bits per heavy atom.